The maximum Gasteiger partial charge on any atom is 0.302 e. The third-order valence-electron chi connectivity index (χ3n) is 3.61. The topological polar surface area (TPSA) is 26.3 Å². The lowest BCUT2D eigenvalue weighted by Crippen LogP contribution is -2.20. The van der Waals surface area contributed by atoms with Crippen molar-refractivity contribution in [2.24, 2.45) is 17.3 Å². The van der Waals surface area contributed by atoms with Crippen molar-refractivity contribution < 1.29 is 9.53 Å². The Kier molecular flexibility index (Phi) is 5.43. The highest BCUT2D eigenvalue weighted by Gasteiger charge is 2.25. The standard InChI is InChI=1S/C16H28O2/c1-12(6-7-18-14(3)17)8-15-9-13(2)10-16(4,5)11-15/h11-13H,6-10H2,1-5H3. The molecule has 0 saturated heterocycles. The Morgan fingerprint density at radius 3 is 2.78 bits per heavy atom. The summed E-state index contributed by atoms with van der Waals surface area (Å²) in [5.41, 5.74) is 1.94. The van der Waals surface area contributed by atoms with Crippen LogP contribution in [0.3, 0.4) is 0 Å². The van der Waals surface area contributed by atoms with Gasteiger partial charge in [-0.25, -0.2) is 0 Å². The molecule has 0 fully saturated rings. The zero-order valence-electron chi connectivity index (χ0n) is 12.6. The molecule has 2 heteroatoms. The van der Waals surface area contributed by atoms with Crippen LogP contribution in [-0.2, 0) is 9.53 Å². The van der Waals surface area contributed by atoms with E-state index in [1.165, 1.54) is 19.8 Å². The van der Waals surface area contributed by atoms with Crippen LogP contribution in [0.2, 0.25) is 0 Å². The van der Waals surface area contributed by atoms with Gasteiger partial charge < -0.3 is 4.74 Å². The average molecular weight is 252 g/mol. The molecule has 1 aliphatic rings. The number of esters is 1. The van der Waals surface area contributed by atoms with Crippen LogP contribution < -0.4 is 0 Å². The third-order valence-corrected chi connectivity index (χ3v) is 3.61. The van der Waals surface area contributed by atoms with Gasteiger partial charge in [0.15, 0.2) is 0 Å². The second-order valence-corrected chi connectivity index (χ2v) is 6.74. The van der Waals surface area contributed by atoms with Gasteiger partial charge in [-0.05, 0) is 42.9 Å². The summed E-state index contributed by atoms with van der Waals surface area (Å²) in [6, 6.07) is 0. The largest absolute Gasteiger partial charge is 0.466 e. The average Bonchev–Trinajstić information content (AvgIpc) is 2.12. The van der Waals surface area contributed by atoms with Crippen LogP contribution in [0.15, 0.2) is 11.6 Å². The number of carbonyl (C=O) groups is 1. The lowest BCUT2D eigenvalue weighted by atomic mass is 9.73. The van der Waals surface area contributed by atoms with E-state index in [2.05, 4.69) is 33.8 Å². The van der Waals surface area contributed by atoms with Crippen molar-refractivity contribution in [2.45, 2.75) is 60.3 Å². The molecule has 0 aromatic rings. The highest BCUT2D eigenvalue weighted by Crippen LogP contribution is 2.38. The Balaban J connectivity index is 2.41. The number of allylic oxidation sites excluding steroid dienone is 2. The van der Waals surface area contributed by atoms with Crippen LogP contribution in [0.25, 0.3) is 0 Å². The van der Waals surface area contributed by atoms with E-state index in [0.29, 0.717) is 17.9 Å². The van der Waals surface area contributed by atoms with Gasteiger partial charge >= 0.3 is 5.97 Å². The highest BCUT2D eigenvalue weighted by molar-refractivity contribution is 5.65. The molecule has 2 unspecified atom stereocenters. The molecular formula is C16H28O2. The maximum absolute atomic E-state index is 10.7. The molecule has 18 heavy (non-hydrogen) atoms. The lowest BCUT2D eigenvalue weighted by Gasteiger charge is -2.33. The second-order valence-electron chi connectivity index (χ2n) is 6.74. The van der Waals surface area contributed by atoms with Crippen LogP contribution in [-0.4, -0.2) is 12.6 Å². The summed E-state index contributed by atoms with van der Waals surface area (Å²) in [6.07, 6.45) is 7.11. The fourth-order valence-corrected chi connectivity index (χ4v) is 3.18. The Bertz CT molecular complexity index is 315. The molecule has 104 valence electrons. The summed E-state index contributed by atoms with van der Waals surface area (Å²) in [5.74, 6) is 1.21. The van der Waals surface area contributed by atoms with Crippen molar-refractivity contribution in [3.05, 3.63) is 11.6 Å². The molecule has 0 aliphatic heterocycles. The van der Waals surface area contributed by atoms with E-state index in [9.17, 15) is 4.79 Å². The summed E-state index contributed by atoms with van der Waals surface area (Å²) in [5, 5.41) is 0. The predicted molar refractivity (Wildman–Crippen MR) is 75.3 cm³/mol. The number of hydrogen-bond donors (Lipinski definition) is 0. The van der Waals surface area contributed by atoms with E-state index in [1.54, 1.807) is 5.57 Å². The molecule has 1 rings (SSSR count). The maximum atomic E-state index is 10.7. The first-order valence-corrected chi connectivity index (χ1v) is 7.12. The predicted octanol–water partition coefficient (Wildman–Crippen LogP) is 4.35. The van der Waals surface area contributed by atoms with E-state index in [-0.39, 0.29) is 5.97 Å². The number of ether oxygens (including phenoxy) is 1. The monoisotopic (exact) mass is 252 g/mol. The molecule has 0 N–H and O–H groups in total. The molecule has 0 aromatic carbocycles. The van der Waals surface area contributed by atoms with Gasteiger partial charge in [0.25, 0.3) is 0 Å². The van der Waals surface area contributed by atoms with Gasteiger partial charge in [0.2, 0.25) is 0 Å². The minimum Gasteiger partial charge on any atom is -0.466 e. The molecule has 2 atom stereocenters. The quantitative estimate of drug-likeness (QED) is 0.537. The van der Waals surface area contributed by atoms with Crippen molar-refractivity contribution in [3.63, 3.8) is 0 Å². The molecule has 0 aromatic heterocycles. The first-order chi connectivity index (χ1) is 8.28. The van der Waals surface area contributed by atoms with Gasteiger partial charge in [0.1, 0.15) is 0 Å². The molecule has 1 aliphatic carbocycles. The summed E-state index contributed by atoms with van der Waals surface area (Å²) in [7, 11) is 0. The zero-order valence-corrected chi connectivity index (χ0v) is 12.6. The van der Waals surface area contributed by atoms with Crippen molar-refractivity contribution in [3.8, 4) is 0 Å². The fraction of sp³-hybridized carbons (Fsp3) is 0.812. The molecule has 0 amide bonds. The van der Waals surface area contributed by atoms with Crippen LogP contribution in [0.5, 0.6) is 0 Å². The molecular weight excluding hydrogens is 224 g/mol. The van der Waals surface area contributed by atoms with Gasteiger partial charge in [-0.15, -0.1) is 0 Å². The zero-order chi connectivity index (χ0) is 13.8. The van der Waals surface area contributed by atoms with Crippen molar-refractivity contribution in [1.82, 2.24) is 0 Å². The lowest BCUT2D eigenvalue weighted by molar-refractivity contribution is -0.141. The van der Waals surface area contributed by atoms with E-state index in [1.807, 2.05) is 0 Å². The van der Waals surface area contributed by atoms with Crippen LogP contribution in [0.1, 0.15) is 60.3 Å². The van der Waals surface area contributed by atoms with Gasteiger partial charge in [0.05, 0.1) is 6.61 Å². The Morgan fingerprint density at radius 2 is 2.22 bits per heavy atom. The SMILES string of the molecule is CC(=O)OCCC(C)CC1=CC(C)(C)CC(C)C1. The Labute approximate surface area is 112 Å². The van der Waals surface area contributed by atoms with Gasteiger partial charge in [-0.1, -0.05) is 39.3 Å². The number of rotatable bonds is 5. The molecule has 2 nitrogen and oxygen atoms in total. The van der Waals surface area contributed by atoms with Gasteiger partial charge in [0, 0.05) is 6.92 Å². The summed E-state index contributed by atoms with van der Waals surface area (Å²) >= 11 is 0. The van der Waals surface area contributed by atoms with E-state index in [0.717, 1.165) is 18.8 Å². The van der Waals surface area contributed by atoms with Crippen LogP contribution in [0.4, 0.5) is 0 Å². The minimum absolute atomic E-state index is 0.172. The fourth-order valence-electron chi connectivity index (χ4n) is 3.18. The van der Waals surface area contributed by atoms with E-state index >= 15 is 0 Å². The summed E-state index contributed by atoms with van der Waals surface area (Å²) in [4.78, 5) is 10.7. The highest BCUT2D eigenvalue weighted by atomic mass is 16.5. The second kappa shape index (κ2) is 6.40. The van der Waals surface area contributed by atoms with Crippen molar-refractivity contribution >= 4 is 5.97 Å². The molecule has 0 spiro atoms. The van der Waals surface area contributed by atoms with Gasteiger partial charge in [-0.3, -0.25) is 4.79 Å². The smallest absolute Gasteiger partial charge is 0.302 e. The van der Waals surface area contributed by atoms with Crippen LogP contribution in [0, 0.1) is 17.3 Å². The Morgan fingerprint density at radius 1 is 1.56 bits per heavy atom. The number of hydrogen-bond acceptors (Lipinski definition) is 2. The normalized spacial score (nSPS) is 24.3. The van der Waals surface area contributed by atoms with Crippen molar-refractivity contribution in [2.75, 3.05) is 6.61 Å². The van der Waals surface area contributed by atoms with Crippen LogP contribution >= 0.6 is 0 Å². The van der Waals surface area contributed by atoms with Crippen molar-refractivity contribution in [1.29, 1.82) is 0 Å². The summed E-state index contributed by atoms with van der Waals surface area (Å²) < 4.78 is 5.01. The first kappa shape index (κ1) is 15.3. The molecule has 0 saturated carbocycles. The summed E-state index contributed by atoms with van der Waals surface area (Å²) in [6.45, 7) is 11.3. The van der Waals surface area contributed by atoms with Gasteiger partial charge in [-0.2, -0.15) is 0 Å². The minimum atomic E-state index is -0.172. The third kappa shape index (κ3) is 5.70. The Hall–Kier alpha value is -0.790. The van der Waals surface area contributed by atoms with E-state index < -0.39 is 0 Å². The molecule has 0 heterocycles. The molecule has 0 radical (unpaired) electrons. The molecule has 0 bridgehead atoms. The van der Waals surface area contributed by atoms with E-state index in [4.69, 9.17) is 4.74 Å². The number of carbonyl (C=O) groups excluding carboxylic acids is 1. The first-order valence-electron chi connectivity index (χ1n) is 7.12.